The fraction of sp³-hybridized carbons (Fsp3) is 0.625. The lowest BCUT2D eigenvalue weighted by Gasteiger charge is -2.27. The molecule has 0 aromatic heterocycles. The van der Waals surface area contributed by atoms with Gasteiger partial charge in [0.05, 0.1) is 0 Å². The van der Waals surface area contributed by atoms with Crippen LogP contribution < -0.4 is 5.32 Å². The van der Waals surface area contributed by atoms with E-state index >= 15 is 0 Å². The number of hydrogen-bond donors (Lipinski definition) is 2. The molecule has 100 valence electrons. The highest BCUT2D eigenvalue weighted by molar-refractivity contribution is 5.33. The molecule has 18 heavy (non-hydrogen) atoms. The minimum Gasteiger partial charge on any atom is -0.396 e. The lowest BCUT2D eigenvalue weighted by Crippen LogP contribution is -2.37. The van der Waals surface area contributed by atoms with E-state index in [1.165, 1.54) is 11.1 Å². The molecule has 1 aromatic rings. The molecule has 0 fully saturated rings. The van der Waals surface area contributed by atoms with E-state index in [2.05, 4.69) is 43.4 Å². The molecule has 2 N–H and O–H groups in total. The fourth-order valence-corrected chi connectivity index (χ4v) is 2.77. The molecular weight excluding hydrogens is 222 g/mol. The summed E-state index contributed by atoms with van der Waals surface area (Å²) in [7, 11) is 0. The Morgan fingerprint density at radius 2 is 1.83 bits per heavy atom. The van der Waals surface area contributed by atoms with Gasteiger partial charge in [-0.05, 0) is 42.2 Å². The Morgan fingerprint density at radius 1 is 1.22 bits per heavy atom. The van der Waals surface area contributed by atoms with Crippen LogP contribution in [0.2, 0.25) is 0 Å². The van der Waals surface area contributed by atoms with Crippen LogP contribution in [0.1, 0.15) is 37.8 Å². The van der Waals surface area contributed by atoms with Crippen molar-refractivity contribution in [2.75, 3.05) is 13.2 Å². The first-order chi connectivity index (χ1) is 8.61. The highest BCUT2D eigenvalue weighted by Gasteiger charge is 2.23. The SMILES string of the molecule is CC(C)(CCCO)CNC1Cc2ccccc2C1. The van der Waals surface area contributed by atoms with Crippen LogP contribution in [0.3, 0.4) is 0 Å². The van der Waals surface area contributed by atoms with Gasteiger partial charge in [-0.25, -0.2) is 0 Å². The van der Waals surface area contributed by atoms with E-state index in [9.17, 15) is 0 Å². The van der Waals surface area contributed by atoms with Crippen LogP contribution in [-0.2, 0) is 12.8 Å². The molecule has 0 unspecified atom stereocenters. The van der Waals surface area contributed by atoms with Crippen molar-refractivity contribution in [1.29, 1.82) is 0 Å². The van der Waals surface area contributed by atoms with Crippen LogP contribution in [0.15, 0.2) is 24.3 Å². The largest absolute Gasteiger partial charge is 0.396 e. The predicted molar refractivity (Wildman–Crippen MR) is 75.7 cm³/mol. The summed E-state index contributed by atoms with van der Waals surface area (Å²) in [6.07, 6.45) is 4.30. The van der Waals surface area contributed by atoms with Gasteiger partial charge >= 0.3 is 0 Å². The summed E-state index contributed by atoms with van der Waals surface area (Å²) in [4.78, 5) is 0. The standard InChI is InChI=1S/C16H25NO/c1-16(2,8-5-9-18)12-17-15-10-13-6-3-4-7-14(13)11-15/h3-4,6-7,15,17-18H,5,8-12H2,1-2H3. The molecular formula is C16H25NO. The average Bonchev–Trinajstić information content (AvgIpc) is 2.77. The minimum absolute atomic E-state index is 0.275. The lowest BCUT2D eigenvalue weighted by atomic mass is 9.87. The van der Waals surface area contributed by atoms with E-state index in [-0.39, 0.29) is 5.41 Å². The summed E-state index contributed by atoms with van der Waals surface area (Å²) in [6, 6.07) is 9.34. The highest BCUT2D eigenvalue weighted by Crippen LogP contribution is 2.24. The average molecular weight is 247 g/mol. The molecule has 2 nitrogen and oxygen atoms in total. The number of fused-ring (bicyclic) bond motifs is 1. The van der Waals surface area contributed by atoms with Crippen LogP contribution in [0.4, 0.5) is 0 Å². The van der Waals surface area contributed by atoms with Gasteiger partial charge in [0.15, 0.2) is 0 Å². The van der Waals surface area contributed by atoms with E-state index in [1.54, 1.807) is 0 Å². The van der Waals surface area contributed by atoms with Crippen molar-refractivity contribution in [1.82, 2.24) is 5.32 Å². The zero-order valence-electron chi connectivity index (χ0n) is 11.6. The van der Waals surface area contributed by atoms with Gasteiger partial charge in [0, 0.05) is 19.2 Å². The third kappa shape index (κ3) is 3.56. The van der Waals surface area contributed by atoms with Crippen molar-refractivity contribution < 1.29 is 5.11 Å². The molecule has 0 spiro atoms. The molecule has 0 amide bonds. The zero-order chi connectivity index (χ0) is 13.0. The molecule has 1 aromatic carbocycles. The maximum atomic E-state index is 8.91. The minimum atomic E-state index is 0.275. The Kier molecular flexibility index (Phi) is 4.41. The topological polar surface area (TPSA) is 32.3 Å². The van der Waals surface area contributed by atoms with E-state index in [0.717, 1.165) is 32.2 Å². The van der Waals surface area contributed by atoms with E-state index in [4.69, 9.17) is 5.11 Å². The number of hydrogen-bond acceptors (Lipinski definition) is 2. The maximum absolute atomic E-state index is 8.91. The predicted octanol–water partition coefficient (Wildman–Crippen LogP) is 2.54. The van der Waals surface area contributed by atoms with E-state index < -0.39 is 0 Å². The molecule has 1 aliphatic carbocycles. The third-order valence-corrected chi connectivity index (χ3v) is 3.93. The molecule has 0 bridgehead atoms. The van der Waals surface area contributed by atoms with Gasteiger partial charge in [-0.15, -0.1) is 0 Å². The number of aliphatic hydroxyl groups excluding tert-OH is 1. The van der Waals surface area contributed by atoms with Crippen LogP contribution in [0, 0.1) is 5.41 Å². The third-order valence-electron chi connectivity index (χ3n) is 3.93. The van der Waals surface area contributed by atoms with Gasteiger partial charge in [-0.1, -0.05) is 38.1 Å². The summed E-state index contributed by atoms with van der Waals surface area (Å²) in [5.41, 5.74) is 3.28. The normalized spacial score (nSPS) is 15.9. The van der Waals surface area contributed by atoms with Crippen LogP contribution >= 0.6 is 0 Å². The highest BCUT2D eigenvalue weighted by atomic mass is 16.2. The molecule has 0 heterocycles. The number of rotatable bonds is 6. The van der Waals surface area contributed by atoms with E-state index in [0.29, 0.717) is 12.6 Å². The number of nitrogens with one attached hydrogen (secondary N) is 1. The summed E-state index contributed by atoms with van der Waals surface area (Å²) in [5.74, 6) is 0. The summed E-state index contributed by atoms with van der Waals surface area (Å²) in [5, 5.41) is 12.6. The summed E-state index contributed by atoms with van der Waals surface area (Å²) < 4.78 is 0. The summed E-state index contributed by atoms with van der Waals surface area (Å²) in [6.45, 7) is 5.89. The molecule has 2 rings (SSSR count). The van der Waals surface area contributed by atoms with Crippen molar-refractivity contribution >= 4 is 0 Å². The van der Waals surface area contributed by atoms with Crippen LogP contribution in [0.5, 0.6) is 0 Å². The van der Waals surface area contributed by atoms with Crippen molar-refractivity contribution in [3.8, 4) is 0 Å². The quantitative estimate of drug-likeness (QED) is 0.809. The molecule has 0 aliphatic heterocycles. The number of benzene rings is 1. The second-order valence-electron chi connectivity index (χ2n) is 6.25. The first-order valence-electron chi connectivity index (χ1n) is 7.02. The van der Waals surface area contributed by atoms with Crippen LogP contribution in [0.25, 0.3) is 0 Å². The Hall–Kier alpha value is -0.860. The van der Waals surface area contributed by atoms with Crippen molar-refractivity contribution in [2.24, 2.45) is 5.41 Å². The molecule has 0 saturated heterocycles. The Bertz CT molecular complexity index is 361. The molecule has 0 saturated carbocycles. The Labute approximate surface area is 110 Å². The summed E-state index contributed by atoms with van der Waals surface area (Å²) >= 11 is 0. The number of aliphatic hydroxyl groups is 1. The zero-order valence-corrected chi connectivity index (χ0v) is 11.6. The molecule has 2 heteroatoms. The first-order valence-corrected chi connectivity index (χ1v) is 7.02. The molecule has 0 atom stereocenters. The van der Waals surface area contributed by atoms with Gasteiger partial charge in [0.1, 0.15) is 0 Å². The van der Waals surface area contributed by atoms with Gasteiger partial charge in [0.2, 0.25) is 0 Å². The van der Waals surface area contributed by atoms with Crippen molar-refractivity contribution in [3.63, 3.8) is 0 Å². The van der Waals surface area contributed by atoms with Gasteiger partial charge in [0.25, 0.3) is 0 Å². The Morgan fingerprint density at radius 3 is 2.39 bits per heavy atom. The van der Waals surface area contributed by atoms with Crippen LogP contribution in [-0.4, -0.2) is 24.3 Å². The maximum Gasteiger partial charge on any atom is 0.0431 e. The van der Waals surface area contributed by atoms with Crippen molar-refractivity contribution in [2.45, 2.75) is 45.6 Å². The van der Waals surface area contributed by atoms with Gasteiger partial charge < -0.3 is 10.4 Å². The second-order valence-corrected chi connectivity index (χ2v) is 6.25. The Balaban J connectivity index is 1.80. The van der Waals surface area contributed by atoms with Crippen molar-refractivity contribution in [3.05, 3.63) is 35.4 Å². The van der Waals surface area contributed by atoms with Gasteiger partial charge in [-0.2, -0.15) is 0 Å². The molecule has 0 radical (unpaired) electrons. The lowest BCUT2D eigenvalue weighted by molar-refractivity contribution is 0.232. The van der Waals surface area contributed by atoms with E-state index in [1.807, 2.05) is 0 Å². The van der Waals surface area contributed by atoms with Gasteiger partial charge in [-0.3, -0.25) is 0 Å². The fourth-order valence-electron chi connectivity index (χ4n) is 2.77. The monoisotopic (exact) mass is 247 g/mol. The second kappa shape index (κ2) is 5.85. The first kappa shape index (κ1) is 13.6. The smallest absolute Gasteiger partial charge is 0.0431 e. The molecule has 1 aliphatic rings.